The fraction of sp³-hybridized carbons (Fsp3) is 0.222. The number of nitrogens with zero attached hydrogens (tertiary/aromatic N) is 2. The highest BCUT2D eigenvalue weighted by atomic mass is 19.1. The zero-order valence-electron chi connectivity index (χ0n) is 14.0. The Labute approximate surface area is 144 Å². The van der Waals surface area contributed by atoms with Crippen LogP contribution in [0, 0.1) is 5.82 Å². The summed E-state index contributed by atoms with van der Waals surface area (Å²) in [5.74, 6) is 1.76. The Balaban J connectivity index is 1.65. The van der Waals surface area contributed by atoms with Crippen molar-refractivity contribution in [3.8, 4) is 23.0 Å². The van der Waals surface area contributed by atoms with Gasteiger partial charge in [0.15, 0.2) is 11.5 Å². The molecule has 130 valence electrons. The van der Waals surface area contributed by atoms with E-state index in [4.69, 9.17) is 13.9 Å². The van der Waals surface area contributed by atoms with Crippen molar-refractivity contribution in [3.05, 3.63) is 59.7 Å². The van der Waals surface area contributed by atoms with E-state index in [2.05, 4.69) is 15.5 Å². The Bertz CT molecular complexity index is 851. The molecule has 0 fully saturated rings. The monoisotopic (exact) mass is 343 g/mol. The van der Waals surface area contributed by atoms with Crippen LogP contribution in [0.3, 0.4) is 0 Å². The Hall–Kier alpha value is -2.93. The number of rotatable bonds is 7. The van der Waals surface area contributed by atoms with Gasteiger partial charge in [-0.25, -0.2) is 4.39 Å². The normalized spacial score (nSPS) is 10.7. The molecule has 0 spiro atoms. The lowest BCUT2D eigenvalue weighted by Gasteiger charge is -2.07. The largest absolute Gasteiger partial charge is 0.493 e. The topological polar surface area (TPSA) is 69.4 Å². The lowest BCUT2D eigenvalue weighted by molar-refractivity contribution is 0.355. The molecule has 0 saturated carbocycles. The highest BCUT2D eigenvalue weighted by Crippen LogP contribution is 2.31. The summed E-state index contributed by atoms with van der Waals surface area (Å²) in [6.07, 6.45) is 0. The molecule has 0 radical (unpaired) electrons. The van der Waals surface area contributed by atoms with Gasteiger partial charge in [-0.2, -0.15) is 0 Å². The maximum absolute atomic E-state index is 13.6. The van der Waals surface area contributed by atoms with E-state index in [0.29, 0.717) is 41.9 Å². The van der Waals surface area contributed by atoms with E-state index in [1.54, 1.807) is 44.6 Å². The van der Waals surface area contributed by atoms with Crippen LogP contribution in [0.1, 0.15) is 11.5 Å². The lowest BCUT2D eigenvalue weighted by Crippen LogP contribution is -2.13. The van der Waals surface area contributed by atoms with Crippen molar-refractivity contribution in [1.29, 1.82) is 0 Å². The van der Waals surface area contributed by atoms with Crippen molar-refractivity contribution < 1.29 is 18.3 Å². The molecule has 3 aromatic rings. The smallest absolute Gasteiger partial charge is 0.247 e. The number of hydrogen-bond donors (Lipinski definition) is 1. The Morgan fingerprint density at radius 2 is 1.80 bits per heavy atom. The fourth-order valence-corrected chi connectivity index (χ4v) is 2.36. The van der Waals surface area contributed by atoms with Gasteiger partial charge in [0.1, 0.15) is 5.82 Å². The van der Waals surface area contributed by atoms with Crippen LogP contribution in [-0.4, -0.2) is 24.4 Å². The second-order valence-corrected chi connectivity index (χ2v) is 5.27. The van der Waals surface area contributed by atoms with Gasteiger partial charge in [-0.15, -0.1) is 10.2 Å². The highest BCUT2D eigenvalue weighted by Gasteiger charge is 2.12. The van der Waals surface area contributed by atoms with E-state index in [-0.39, 0.29) is 5.82 Å². The number of nitrogens with one attached hydrogen (secondary N) is 1. The zero-order valence-corrected chi connectivity index (χ0v) is 14.0. The van der Waals surface area contributed by atoms with Gasteiger partial charge in [0.05, 0.1) is 20.8 Å². The summed E-state index contributed by atoms with van der Waals surface area (Å²) in [6.45, 7) is 0.718. The van der Waals surface area contributed by atoms with Crippen LogP contribution in [0.2, 0.25) is 0 Å². The van der Waals surface area contributed by atoms with Gasteiger partial charge in [0.2, 0.25) is 11.8 Å². The maximum atomic E-state index is 13.6. The van der Waals surface area contributed by atoms with E-state index in [9.17, 15) is 4.39 Å². The molecule has 0 aliphatic rings. The van der Waals surface area contributed by atoms with Gasteiger partial charge >= 0.3 is 0 Å². The molecule has 0 aliphatic carbocycles. The van der Waals surface area contributed by atoms with Gasteiger partial charge in [-0.1, -0.05) is 18.2 Å². The molecule has 25 heavy (non-hydrogen) atoms. The summed E-state index contributed by atoms with van der Waals surface area (Å²) < 4.78 is 29.7. The SMILES string of the molecule is COc1ccc(-c2nnc(CNCc3ccccc3F)o2)cc1OC. The minimum Gasteiger partial charge on any atom is -0.493 e. The molecule has 0 amide bonds. The quantitative estimate of drug-likeness (QED) is 0.710. The maximum Gasteiger partial charge on any atom is 0.247 e. The number of benzene rings is 2. The lowest BCUT2D eigenvalue weighted by atomic mass is 10.2. The van der Waals surface area contributed by atoms with Crippen molar-refractivity contribution in [2.24, 2.45) is 0 Å². The van der Waals surface area contributed by atoms with Crippen LogP contribution in [0.4, 0.5) is 4.39 Å². The van der Waals surface area contributed by atoms with Crippen molar-refractivity contribution in [3.63, 3.8) is 0 Å². The molecular formula is C18H18FN3O3. The number of halogens is 1. The summed E-state index contributed by atoms with van der Waals surface area (Å²) in [4.78, 5) is 0. The van der Waals surface area contributed by atoms with Gasteiger partial charge in [-0.05, 0) is 24.3 Å². The fourth-order valence-electron chi connectivity index (χ4n) is 2.36. The van der Waals surface area contributed by atoms with Crippen LogP contribution in [0.15, 0.2) is 46.9 Å². The van der Waals surface area contributed by atoms with Crippen molar-refractivity contribution in [2.45, 2.75) is 13.1 Å². The number of ether oxygens (including phenoxy) is 2. The molecule has 0 saturated heterocycles. The summed E-state index contributed by atoms with van der Waals surface area (Å²) in [7, 11) is 3.14. The molecular weight excluding hydrogens is 325 g/mol. The zero-order chi connectivity index (χ0) is 17.6. The van der Waals surface area contributed by atoms with Crippen molar-refractivity contribution in [1.82, 2.24) is 15.5 Å². The first kappa shape index (κ1) is 16.9. The Kier molecular flexibility index (Phi) is 5.25. The van der Waals surface area contributed by atoms with E-state index < -0.39 is 0 Å². The molecule has 0 bridgehead atoms. The van der Waals surface area contributed by atoms with Gasteiger partial charge in [-0.3, -0.25) is 0 Å². The first-order valence-electron chi connectivity index (χ1n) is 7.70. The third kappa shape index (κ3) is 3.95. The van der Waals surface area contributed by atoms with Crippen LogP contribution >= 0.6 is 0 Å². The Morgan fingerprint density at radius 1 is 1.00 bits per heavy atom. The third-order valence-corrected chi connectivity index (χ3v) is 3.65. The van der Waals surface area contributed by atoms with Crippen LogP contribution in [0.25, 0.3) is 11.5 Å². The van der Waals surface area contributed by atoms with Crippen LogP contribution in [-0.2, 0) is 13.1 Å². The van der Waals surface area contributed by atoms with Crippen molar-refractivity contribution in [2.75, 3.05) is 14.2 Å². The van der Waals surface area contributed by atoms with Crippen molar-refractivity contribution >= 4 is 0 Å². The van der Waals surface area contributed by atoms with E-state index in [0.717, 1.165) is 5.56 Å². The summed E-state index contributed by atoms with van der Waals surface area (Å²) >= 11 is 0. The average molecular weight is 343 g/mol. The first-order chi connectivity index (χ1) is 12.2. The minimum absolute atomic E-state index is 0.244. The summed E-state index contributed by atoms with van der Waals surface area (Å²) in [5.41, 5.74) is 1.31. The highest BCUT2D eigenvalue weighted by molar-refractivity contribution is 5.59. The number of hydrogen-bond acceptors (Lipinski definition) is 6. The number of aromatic nitrogens is 2. The first-order valence-corrected chi connectivity index (χ1v) is 7.70. The second kappa shape index (κ2) is 7.76. The molecule has 0 aliphatic heterocycles. The van der Waals surface area contributed by atoms with Gasteiger partial charge in [0.25, 0.3) is 0 Å². The minimum atomic E-state index is -0.244. The van der Waals surface area contributed by atoms with E-state index >= 15 is 0 Å². The average Bonchev–Trinajstić information content (AvgIpc) is 3.11. The molecule has 1 aromatic heterocycles. The molecule has 6 nitrogen and oxygen atoms in total. The molecule has 0 atom stereocenters. The summed E-state index contributed by atoms with van der Waals surface area (Å²) in [5, 5.41) is 11.1. The summed E-state index contributed by atoms with van der Waals surface area (Å²) in [6, 6.07) is 12.0. The molecule has 3 rings (SSSR count). The Morgan fingerprint density at radius 3 is 2.56 bits per heavy atom. The predicted molar refractivity (Wildman–Crippen MR) is 89.8 cm³/mol. The molecule has 1 heterocycles. The van der Waals surface area contributed by atoms with E-state index in [1.807, 2.05) is 6.07 Å². The molecule has 0 unspecified atom stereocenters. The molecule has 2 aromatic carbocycles. The van der Waals surface area contributed by atoms with Gasteiger partial charge in [0, 0.05) is 17.7 Å². The molecule has 7 heteroatoms. The second-order valence-electron chi connectivity index (χ2n) is 5.27. The van der Waals surface area contributed by atoms with Crippen LogP contribution in [0.5, 0.6) is 11.5 Å². The molecule has 1 N–H and O–H groups in total. The number of methoxy groups -OCH3 is 2. The van der Waals surface area contributed by atoms with Crippen LogP contribution < -0.4 is 14.8 Å². The van der Waals surface area contributed by atoms with Gasteiger partial charge < -0.3 is 19.2 Å². The van der Waals surface area contributed by atoms with E-state index in [1.165, 1.54) is 6.07 Å². The third-order valence-electron chi connectivity index (χ3n) is 3.65. The standard InChI is InChI=1S/C18H18FN3O3/c1-23-15-8-7-12(9-16(15)24-2)18-22-21-17(25-18)11-20-10-13-5-3-4-6-14(13)19/h3-9,20H,10-11H2,1-2H3. The predicted octanol–water partition coefficient (Wildman–Crippen LogP) is 3.18.